The van der Waals surface area contributed by atoms with Crippen molar-refractivity contribution in [2.75, 3.05) is 18.2 Å². The SMILES string of the molecule is COc1ccc(NC(=O)CSc2ccccc2)cc1OC(F)F. The first-order chi connectivity index (χ1) is 11.1. The van der Waals surface area contributed by atoms with Crippen LogP contribution in [0.2, 0.25) is 0 Å². The molecule has 23 heavy (non-hydrogen) atoms. The van der Waals surface area contributed by atoms with Crippen LogP contribution >= 0.6 is 11.8 Å². The molecule has 1 amide bonds. The minimum Gasteiger partial charge on any atom is -0.493 e. The lowest BCUT2D eigenvalue weighted by Gasteiger charge is -2.12. The fourth-order valence-electron chi connectivity index (χ4n) is 1.81. The highest BCUT2D eigenvalue weighted by molar-refractivity contribution is 8.00. The van der Waals surface area contributed by atoms with Gasteiger partial charge in [0.25, 0.3) is 0 Å². The summed E-state index contributed by atoms with van der Waals surface area (Å²) in [4.78, 5) is 12.9. The number of methoxy groups -OCH3 is 1. The number of hydrogen-bond acceptors (Lipinski definition) is 4. The van der Waals surface area contributed by atoms with E-state index in [1.807, 2.05) is 30.3 Å². The zero-order valence-electron chi connectivity index (χ0n) is 12.3. The fourth-order valence-corrected chi connectivity index (χ4v) is 2.52. The van der Waals surface area contributed by atoms with Crippen LogP contribution in [0.5, 0.6) is 11.5 Å². The highest BCUT2D eigenvalue weighted by Gasteiger charge is 2.12. The number of rotatable bonds is 7. The molecule has 0 unspecified atom stereocenters. The molecule has 0 saturated heterocycles. The average Bonchev–Trinajstić information content (AvgIpc) is 2.54. The lowest BCUT2D eigenvalue weighted by molar-refractivity contribution is -0.113. The number of nitrogens with one attached hydrogen (secondary N) is 1. The van der Waals surface area contributed by atoms with Crippen LogP contribution in [0.15, 0.2) is 53.4 Å². The molecule has 0 saturated carbocycles. The Morgan fingerprint density at radius 3 is 2.57 bits per heavy atom. The van der Waals surface area contributed by atoms with E-state index in [1.165, 1.54) is 31.0 Å². The van der Waals surface area contributed by atoms with Crippen molar-refractivity contribution in [1.82, 2.24) is 0 Å². The third kappa shape index (κ3) is 5.45. The van der Waals surface area contributed by atoms with Gasteiger partial charge >= 0.3 is 6.61 Å². The molecule has 0 bridgehead atoms. The molecular weight excluding hydrogens is 324 g/mol. The number of ether oxygens (including phenoxy) is 2. The topological polar surface area (TPSA) is 47.6 Å². The molecule has 0 fully saturated rings. The second-order valence-electron chi connectivity index (χ2n) is 4.39. The molecular formula is C16H15F2NO3S. The molecule has 2 rings (SSSR count). The van der Waals surface area contributed by atoms with Crippen LogP contribution in [-0.4, -0.2) is 25.4 Å². The van der Waals surface area contributed by atoms with Gasteiger partial charge in [-0.15, -0.1) is 11.8 Å². The summed E-state index contributed by atoms with van der Waals surface area (Å²) in [6.07, 6.45) is 0. The van der Waals surface area contributed by atoms with Crippen LogP contribution in [0.25, 0.3) is 0 Å². The molecule has 2 aromatic carbocycles. The minimum absolute atomic E-state index is 0.129. The van der Waals surface area contributed by atoms with Crippen molar-refractivity contribution < 1.29 is 23.0 Å². The molecule has 4 nitrogen and oxygen atoms in total. The van der Waals surface area contributed by atoms with Gasteiger partial charge < -0.3 is 14.8 Å². The Labute approximate surface area is 136 Å². The van der Waals surface area contributed by atoms with E-state index in [9.17, 15) is 13.6 Å². The summed E-state index contributed by atoms with van der Waals surface area (Å²) in [7, 11) is 1.35. The zero-order chi connectivity index (χ0) is 16.7. The number of alkyl halides is 2. The molecule has 7 heteroatoms. The predicted octanol–water partition coefficient (Wildman–Crippen LogP) is 4.03. The number of hydrogen-bond donors (Lipinski definition) is 1. The lowest BCUT2D eigenvalue weighted by atomic mass is 10.2. The molecule has 0 spiro atoms. The summed E-state index contributed by atoms with van der Waals surface area (Å²) in [6, 6.07) is 13.8. The lowest BCUT2D eigenvalue weighted by Crippen LogP contribution is -2.14. The Bertz CT molecular complexity index is 653. The van der Waals surface area contributed by atoms with Gasteiger partial charge in [0.2, 0.25) is 5.91 Å². The Morgan fingerprint density at radius 2 is 1.91 bits per heavy atom. The van der Waals surface area contributed by atoms with Crippen molar-refractivity contribution in [2.24, 2.45) is 0 Å². The largest absolute Gasteiger partial charge is 0.493 e. The van der Waals surface area contributed by atoms with Crippen molar-refractivity contribution >= 4 is 23.4 Å². The van der Waals surface area contributed by atoms with E-state index < -0.39 is 6.61 Å². The normalized spacial score (nSPS) is 10.4. The molecule has 1 N–H and O–H groups in total. The summed E-state index contributed by atoms with van der Waals surface area (Å²) in [5.41, 5.74) is 0.361. The molecule has 122 valence electrons. The highest BCUT2D eigenvalue weighted by Crippen LogP contribution is 2.31. The van der Waals surface area contributed by atoms with Crippen LogP contribution in [0, 0.1) is 0 Å². The van der Waals surface area contributed by atoms with Gasteiger partial charge in [-0.3, -0.25) is 4.79 Å². The van der Waals surface area contributed by atoms with Gasteiger partial charge in [0.05, 0.1) is 12.9 Å². The number of anilines is 1. The molecule has 0 aromatic heterocycles. The van der Waals surface area contributed by atoms with Crippen LogP contribution in [0.3, 0.4) is 0 Å². The molecule has 0 atom stereocenters. The Hall–Kier alpha value is -2.28. The number of carbonyl (C=O) groups excluding carboxylic acids is 1. The molecule has 0 aliphatic heterocycles. The second kappa shape index (κ2) is 8.38. The van der Waals surface area contributed by atoms with Crippen molar-refractivity contribution in [1.29, 1.82) is 0 Å². The van der Waals surface area contributed by atoms with Gasteiger partial charge in [-0.1, -0.05) is 18.2 Å². The monoisotopic (exact) mass is 339 g/mol. The number of carbonyl (C=O) groups is 1. The van der Waals surface area contributed by atoms with E-state index >= 15 is 0 Å². The van der Waals surface area contributed by atoms with Crippen LogP contribution < -0.4 is 14.8 Å². The first-order valence-corrected chi connectivity index (χ1v) is 7.67. The second-order valence-corrected chi connectivity index (χ2v) is 5.44. The predicted molar refractivity (Wildman–Crippen MR) is 85.4 cm³/mol. The first-order valence-electron chi connectivity index (χ1n) is 6.69. The van der Waals surface area contributed by atoms with Gasteiger partial charge in [-0.25, -0.2) is 0 Å². The maximum absolute atomic E-state index is 12.4. The minimum atomic E-state index is -2.97. The highest BCUT2D eigenvalue weighted by atomic mass is 32.2. The van der Waals surface area contributed by atoms with Gasteiger partial charge in [0, 0.05) is 16.6 Å². The van der Waals surface area contributed by atoms with Crippen molar-refractivity contribution in [3.63, 3.8) is 0 Å². The van der Waals surface area contributed by atoms with E-state index in [4.69, 9.17) is 4.74 Å². The average molecular weight is 339 g/mol. The van der Waals surface area contributed by atoms with Crippen molar-refractivity contribution in [3.05, 3.63) is 48.5 Å². The first kappa shape index (κ1) is 17.1. The Balaban J connectivity index is 1.97. The summed E-state index contributed by atoms with van der Waals surface area (Å²) >= 11 is 1.38. The molecule has 2 aromatic rings. The smallest absolute Gasteiger partial charge is 0.387 e. The zero-order valence-corrected chi connectivity index (χ0v) is 13.1. The quantitative estimate of drug-likeness (QED) is 0.774. The van der Waals surface area contributed by atoms with Crippen molar-refractivity contribution in [2.45, 2.75) is 11.5 Å². The standard InChI is InChI=1S/C16H15F2NO3S/c1-21-13-8-7-11(9-14(13)22-16(17)18)19-15(20)10-23-12-5-3-2-4-6-12/h2-9,16H,10H2,1H3,(H,19,20). The summed E-state index contributed by atoms with van der Waals surface area (Å²) in [5, 5.41) is 2.64. The van der Waals surface area contributed by atoms with Gasteiger partial charge in [-0.2, -0.15) is 8.78 Å². The van der Waals surface area contributed by atoms with E-state index in [2.05, 4.69) is 10.1 Å². The van der Waals surface area contributed by atoms with Gasteiger partial charge in [-0.05, 0) is 24.3 Å². The Morgan fingerprint density at radius 1 is 1.17 bits per heavy atom. The third-order valence-corrected chi connectivity index (χ3v) is 3.79. The van der Waals surface area contributed by atoms with Gasteiger partial charge in [0.15, 0.2) is 11.5 Å². The van der Waals surface area contributed by atoms with Crippen molar-refractivity contribution in [3.8, 4) is 11.5 Å². The van der Waals surface area contributed by atoms with E-state index in [0.29, 0.717) is 5.69 Å². The molecule has 0 aliphatic rings. The number of benzene rings is 2. The maximum atomic E-state index is 12.4. The summed E-state index contributed by atoms with van der Waals surface area (Å²) < 4.78 is 34.1. The molecule has 0 aliphatic carbocycles. The van der Waals surface area contributed by atoms with Crippen LogP contribution in [0.4, 0.5) is 14.5 Å². The summed E-state index contributed by atoms with van der Waals surface area (Å²) in [6.45, 7) is -2.97. The molecule has 0 heterocycles. The van der Waals surface area contributed by atoms with E-state index in [0.717, 1.165) is 4.90 Å². The van der Waals surface area contributed by atoms with E-state index in [1.54, 1.807) is 6.07 Å². The van der Waals surface area contributed by atoms with E-state index in [-0.39, 0.29) is 23.2 Å². The number of thioether (sulfide) groups is 1. The number of amides is 1. The summed E-state index contributed by atoms with van der Waals surface area (Å²) in [5.74, 6) is 0.00569. The maximum Gasteiger partial charge on any atom is 0.387 e. The fraction of sp³-hybridized carbons (Fsp3) is 0.188. The molecule has 0 radical (unpaired) electrons. The third-order valence-electron chi connectivity index (χ3n) is 2.78. The Kier molecular flexibility index (Phi) is 6.22. The van der Waals surface area contributed by atoms with Crippen LogP contribution in [-0.2, 0) is 4.79 Å². The van der Waals surface area contributed by atoms with Gasteiger partial charge in [0.1, 0.15) is 0 Å². The van der Waals surface area contributed by atoms with Crippen LogP contribution in [0.1, 0.15) is 0 Å². The number of halogens is 2.